The molecule has 0 aliphatic carbocycles. The fraction of sp³-hybridized carbons (Fsp3) is 0.250. The lowest BCUT2D eigenvalue weighted by atomic mass is 10.1. The number of methoxy groups -OCH3 is 1. The molecule has 0 amide bonds. The van der Waals surface area contributed by atoms with E-state index in [2.05, 4.69) is 5.32 Å². The minimum atomic E-state index is -0.533. The van der Waals surface area contributed by atoms with Gasteiger partial charge in [-0.2, -0.15) is 0 Å². The molecule has 0 saturated heterocycles. The first-order valence-electron chi connectivity index (χ1n) is 6.48. The summed E-state index contributed by atoms with van der Waals surface area (Å²) < 4.78 is 45.6. The number of anilines is 1. The average molecular weight is 295 g/mol. The summed E-state index contributed by atoms with van der Waals surface area (Å²) in [6.45, 7) is 3.26. The smallest absolute Gasteiger partial charge is 0.165 e. The Morgan fingerprint density at radius 3 is 2.38 bits per heavy atom. The van der Waals surface area contributed by atoms with Crippen molar-refractivity contribution >= 4 is 5.69 Å². The Hall–Kier alpha value is -2.17. The maximum absolute atomic E-state index is 13.8. The second-order valence-electron chi connectivity index (χ2n) is 4.84. The molecule has 0 aliphatic heterocycles. The number of hydrogen-bond acceptors (Lipinski definition) is 2. The van der Waals surface area contributed by atoms with E-state index < -0.39 is 17.5 Å². The zero-order chi connectivity index (χ0) is 15.6. The van der Waals surface area contributed by atoms with Gasteiger partial charge in [-0.3, -0.25) is 0 Å². The number of rotatable bonds is 4. The van der Waals surface area contributed by atoms with Crippen LogP contribution in [0.2, 0.25) is 0 Å². The van der Waals surface area contributed by atoms with E-state index in [1.54, 1.807) is 13.0 Å². The Morgan fingerprint density at radius 2 is 1.71 bits per heavy atom. The van der Waals surface area contributed by atoms with E-state index in [4.69, 9.17) is 4.74 Å². The predicted molar refractivity (Wildman–Crippen MR) is 76.1 cm³/mol. The van der Waals surface area contributed by atoms with Crippen molar-refractivity contribution in [1.29, 1.82) is 0 Å². The number of ether oxygens (including phenoxy) is 1. The number of halogens is 3. The van der Waals surface area contributed by atoms with Gasteiger partial charge in [0, 0.05) is 12.1 Å². The van der Waals surface area contributed by atoms with E-state index in [0.29, 0.717) is 5.56 Å². The summed E-state index contributed by atoms with van der Waals surface area (Å²) in [6, 6.07) is 6.28. The molecule has 2 rings (SSSR count). The Labute approximate surface area is 121 Å². The fourth-order valence-electron chi connectivity index (χ4n) is 2.02. The molecular formula is C16H16F3NO. The zero-order valence-corrected chi connectivity index (χ0v) is 12.0. The highest BCUT2D eigenvalue weighted by Gasteiger charge is 2.13. The molecule has 2 aromatic carbocycles. The van der Waals surface area contributed by atoms with Crippen LogP contribution < -0.4 is 10.1 Å². The predicted octanol–water partition coefficient (Wildman–Crippen LogP) is 4.59. The summed E-state index contributed by atoms with van der Waals surface area (Å²) in [4.78, 5) is 0. The van der Waals surface area contributed by atoms with Gasteiger partial charge in [0.15, 0.2) is 11.6 Å². The van der Waals surface area contributed by atoms with Crippen LogP contribution in [0.1, 0.15) is 24.1 Å². The van der Waals surface area contributed by atoms with Gasteiger partial charge in [-0.25, -0.2) is 13.2 Å². The Balaban J connectivity index is 2.25. The molecular weight excluding hydrogens is 279 g/mol. The molecule has 0 heterocycles. The first-order chi connectivity index (χ1) is 9.92. The van der Waals surface area contributed by atoms with Gasteiger partial charge >= 0.3 is 0 Å². The molecule has 0 spiro atoms. The third-order valence-corrected chi connectivity index (χ3v) is 3.30. The molecule has 1 unspecified atom stereocenters. The van der Waals surface area contributed by atoms with Gasteiger partial charge in [0.1, 0.15) is 11.6 Å². The monoisotopic (exact) mass is 295 g/mol. The van der Waals surface area contributed by atoms with Crippen molar-refractivity contribution in [2.24, 2.45) is 0 Å². The highest BCUT2D eigenvalue weighted by atomic mass is 19.1. The van der Waals surface area contributed by atoms with Crippen LogP contribution in [0.5, 0.6) is 5.75 Å². The molecule has 5 heteroatoms. The summed E-state index contributed by atoms with van der Waals surface area (Å²) in [5, 5.41) is 2.87. The number of aryl methyl sites for hydroxylation is 1. The van der Waals surface area contributed by atoms with Gasteiger partial charge in [-0.1, -0.05) is 6.07 Å². The molecule has 112 valence electrons. The third-order valence-electron chi connectivity index (χ3n) is 3.30. The Kier molecular flexibility index (Phi) is 4.40. The molecule has 0 radical (unpaired) electrons. The molecule has 0 saturated carbocycles. The fourth-order valence-corrected chi connectivity index (χ4v) is 2.02. The largest absolute Gasteiger partial charge is 0.494 e. The standard InChI is InChI=1S/C16H16F3NO/c1-9-6-14(19)15(8-13(9)18)20-10(2)11-4-5-12(17)16(7-11)21-3/h4-8,10,20H,1-3H3. The molecule has 1 atom stereocenters. The van der Waals surface area contributed by atoms with Crippen LogP contribution in [0.15, 0.2) is 30.3 Å². The van der Waals surface area contributed by atoms with Crippen molar-refractivity contribution < 1.29 is 17.9 Å². The van der Waals surface area contributed by atoms with Gasteiger partial charge in [-0.05, 0) is 43.2 Å². The van der Waals surface area contributed by atoms with Crippen LogP contribution in [0.3, 0.4) is 0 Å². The third kappa shape index (κ3) is 3.29. The van der Waals surface area contributed by atoms with Crippen molar-refractivity contribution in [2.75, 3.05) is 12.4 Å². The number of nitrogens with one attached hydrogen (secondary N) is 1. The summed E-state index contributed by atoms with van der Waals surface area (Å²) in [5.74, 6) is -1.38. The zero-order valence-electron chi connectivity index (χ0n) is 12.0. The first-order valence-corrected chi connectivity index (χ1v) is 6.48. The van der Waals surface area contributed by atoms with E-state index in [1.165, 1.54) is 26.2 Å². The van der Waals surface area contributed by atoms with E-state index in [9.17, 15) is 13.2 Å². The molecule has 2 aromatic rings. The van der Waals surface area contributed by atoms with Crippen LogP contribution >= 0.6 is 0 Å². The van der Waals surface area contributed by atoms with Crippen molar-refractivity contribution in [3.8, 4) is 5.75 Å². The van der Waals surface area contributed by atoms with Crippen molar-refractivity contribution in [3.05, 3.63) is 58.9 Å². The maximum Gasteiger partial charge on any atom is 0.165 e. The summed E-state index contributed by atoms with van der Waals surface area (Å²) >= 11 is 0. The molecule has 0 fully saturated rings. The topological polar surface area (TPSA) is 21.3 Å². The SMILES string of the molecule is COc1cc(C(C)Nc2cc(F)c(C)cc2F)ccc1F. The summed E-state index contributed by atoms with van der Waals surface area (Å²) in [6.07, 6.45) is 0. The summed E-state index contributed by atoms with van der Waals surface area (Å²) in [7, 11) is 1.37. The van der Waals surface area contributed by atoms with Crippen molar-refractivity contribution in [2.45, 2.75) is 19.9 Å². The molecule has 1 N–H and O–H groups in total. The van der Waals surface area contributed by atoms with Gasteiger partial charge in [0.25, 0.3) is 0 Å². The van der Waals surface area contributed by atoms with Crippen LogP contribution in [0.4, 0.5) is 18.9 Å². The summed E-state index contributed by atoms with van der Waals surface area (Å²) in [5.41, 5.74) is 1.01. The maximum atomic E-state index is 13.8. The van der Waals surface area contributed by atoms with E-state index in [1.807, 2.05) is 0 Å². The van der Waals surface area contributed by atoms with Crippen molar-refractivity contribution in [3.63, 3.8) is 0 Å². The average Bonchev–Trinajstić information content (AvgIpc) is 2.45. The molecule has 0 aromatic heterocycles. The van der Waals surface area contributed by atoms with Gasteiger partial charge < -0.3 is 10.1 Å². The van der Waals surface area contributed by atoms with Gasteiger partial charge in [0.05, 0.1) is 12.8 Å². The van der Waals surface area contributed by atoms with Crippen LogP contribution in [0.25, 0.3) is 0 Å². The first kappa shape index (κ1) is 15.2. The molecule has 2 nitrogen and oxygen atoms in total. The lowest BCUT2D eigenvalue weighted by Crippen LogP contribution is -2.09. The quantitative estimate of drug-likeness (QED) is 0.890. The Morgan fingerprint density at radius 1 is 1.00 bits per heavy atom. The Bertz CT molecular complexity index is 658. The lowest BCUT2D eigenvalue weighted by molar-refractivity contribution is 0.385. The van der Waals surface area contributed by atoms with E-state index in [-0.39, 0.29) is 23.0 Å². The highest BCUT2D eigenvalue weighted by Crippen LogP contribution is 2.27. The van der Waals surface area contributed by atoms with E-state index in [0.717, 1.165) is 12.1 Å². The minimum absolute atomic E-state index is 0.0638. The minimum Gasteiger partial charge on any atom is -0.494 e. The molecule has 0 aliphatic rings. The second-order valence-corrected chi connectivity index (χ2v) is 4.84. The lowest BCUT2D eigenvalue weighted by Gasteiger charge is -2.17. The van der Waals surface area contributed by atoms with Crippen LogP contribution in [0, 0.1) is 24.4 Å². The van der Waals surface area contributed by atoms with Crippen molar-refractivity contribution in [1.82, 2.24) is 0 Å². The molecule has 21 heavy (non-hydrogen) atoms. The second kappa shape index (κ2) is 6.08. The molecule has 0 bridgehead atoms. The normalized spacial score (nSPS) is 12.1. The van der Waals surface area contributed by atoms with Gasteiger partial charge in [-0.15, -0.1) is 0 Å². The number of hydrogen-bond donors (Lipinski definition) is 1. The van der Waals surface area contributed by atoms with Crippen LogP contribution in [-0.2, 0) is 0 Å². The van der Waals surface area contributed by atoms with Gasteiger partial charge in [0.2, 0.25) is 0 Å². The highest BCUT2D eigenvalue weighted by molar-refractivity contribution is 5.49. The van der Waals surface area contributed by atoms with E-state index >= 15 is 0 Å². The van der Waals surface area contributed by atoms with Crippen LogP contribution in [-0.4, -0.2) is 7.11 Å². The number of benzene rings is 2.